The zero-order valence-electron chi connectivity index (χ0n) is 18.1. The number of carbonyl (C=O) groups is 1. The fourth-order valence-electron chi connectivity index (χ4n) is 3.74. The number of nitrogens with zero attached hydrogens (tertiary/aromatic N) is 1. The summed E-state index contributed by atoms with van der Waals surface area (Å²) in [5.74, 6) is 5.58. The van der Waals surface area contributed by atoms with Gasteiger partial charge < -0.3 is 14.8 Å². The van der Waals surface area contributed by atoms with Gasteiger partial charge in [-0.2, -0.15) is 13.2 Å². The van der Waals surface area contributed by atoms with E-state index in [2.05, 4.69) is 51.1 Å². The number of hydrogen-bond acceptors (Lipinski definition) is 4. The second kappa shape index (κ2) is 10.3. The van der Waals surface area contributed by atoms with Gasteiger partial charge in [0.1, 0.15) is 6.61 Å². The van der Waals surface area contributed by atoms with Gasteiger partial charge in [-0.3, -0.25) is 0 Å². The Balaban J connectivity index is 1.22. The van der Waals surface area contributed by atoms with Crippen LogP contribution in [0.3, 0.4) is 0 Å². The second-order valence-electron chi connectivity index (χ2n) is 7.59. The predicted octanol–water partition coefficient (Wildman–Crippen LogP) is 5.30. The third-order valence-corrected chi connectivity index (χ3v) is 5.22. The van der Waals surface area contributed by atoms with Crippen molar-refractivity contribution in [2.45, 2.75) is 18.5 Å². The molecule has 1 aliphatic carbocycles. The SMILES string of the molecule is O=C(NCCC#Cc1ccc(OCC(F)(F)F)nc1)OCC1c2ccccc2-c2ccccc21. The van der Waals surface area contributed by atoms with Gasteiger partial charge in [0.25, 0.3) is 0 Å². The van der Waals surface area contributed by atoms with Crippen molar-refractivity contribution in [3.63, 3.8) is 0 Å². The third kappa shape index (κ3) is 5.87. The lowest BCUT2D eigenvalue weighted by atomic mass is 9.98. The van der Waals surface area contributed by atoms with E-state index in [9.17, 15) is 18.0 Å². The summed E-state index contributed by atoms with van der Waals surface area (Å²) in [6.07, 6.45) is -3.23. The number of benzene rings is 2. The molecule has 0 bridgehead atoms. The van der Waals surface area contributed by atoms with Crippen LogP contribution in [0.25, 0.3) is 11.1 Å². The van der Waals surface area contributed by atoms with Crippen molar-refractivity contribution in [3.05, 3.63) is 83.6 Å². The van der Waals surface area contributed by atoms with Crippen LogP contribution in [-0.4, -0.2) is 37.0 Å². The normalized spacial score (nSPS) is 12.2. The molecule has 2 aromatic carbocycles. The molecule has 0 fully saturated rings. The average molecular weight is 466 g/mol. The number of ether oxygens (including phenoxy) is 2. The maximum atomic E-state index is 12.1. The predicted molar refractivity (Wildman–Crippen MR) is 120 cm³/mol. The van der Waals surface area contributed by atoms with Gasteiger partial charge in [-0.1, -0.05) is 60.4 Å². The average Bonchev–Trinajstić information content (AvgIpc) is 3.15. The minimum absolute atomic E-state index is 0.00600. The number of pyridine rings is 1. The highest BCUT2D eigenvalue weighted by atomic mass is 19.4. The van der Waals surface area contributed by atoms with Gasteiger partial charge in [-0.15, -0.1) is 0 Å². The molecule has 0 saturated heterocycles. The Labute approximate surface area is 194 Å². The summed E-state index contributed by atoms with van der Waals surface area (Å²) in [6, 6.07) is 19.1. The van der Waals surface area contributed by atoms with Gasteiger partial charge in [0.05, 0.1) is 0 Å². The van der Waals surface area contributed by atoms with Gasteiger partial charge in [-0.25, -0.2) is 9.78 Å². The van der Waals surface area contributed by atoms with E-state index in [4.69, 9.17) is 4.74 Å². The van der Waals surface area contributed by atoms with E-state index in [1.165, 1.54) is 18.3 Å². The Bertz CT molecular complexity index is 1170. The fraction of sp³-hybridized carbons (Fsp3) is 0.231. The number of rotatable bonds is 6. The number of aromatic nitrogens is 1. The van der Waals surface area contributed by atoms with Crippen LogP contribution in [-0.2, 0) is 4.74 Å². The number of carbonyl (C=O) groups excluding carboxylic acids is 1. The molecule has 1 heterocycles. The van der Waals surface area contributed by atoms with Gasteiger partial charge in [0.15, 0.2) is 6.61 Å². The molecule has 4 rings (SSSR count). The van der Waals surface area contributed by atoms with Crippen LogP contribution in [0.1, 0.15) is 29.0 Å². The number of fused-ring (bicyclic) bond motifs is 3. The van der Waals surface area contributed by atoms with E-state index in [1.807, 2.05) is 24.3 Å². The molecule has 5 nitrogen and oxygen atoms in total. The van der Waals surface area contributed by atoms with Crippen molar-refractivity contribution in [1.29, 1.82) is 0 Å². The molecule has 3 aromatic rings. The molecule has 0 saturated carbocycles. The van der Waals surface area contributed by atoms with Crippen LogP contribution in [0.15, 0.2) is 66.9 Å². The molecule has 174 valence electrons. The third-order valence-electron chi connectivity index (χ3n) is 5.22. The summed E-state index contributed by atoms with van der Waals surface area (Å²) in [4.78, 5) is 15.9. The summed E-state index contributed by atoms with van der Waals surface area (Å²) in [7, 11) is 0. The topological polar surface area (TPSA) is 60.5 Å². The first-order chi connectivity index (χ1) is 16.4. The first kappa shape index (κ1) is 23.2. The maximum Gasteiger partial charge on any atom is 0.422 e. The van der Waals surface area contributed by atoms with Crippen LogP contribution >= 0.6 is 0 Å². The lowest BCUT2D eigenvalue weighted by molar-refractivity contribution is -0.154. The minimum atomic E-state index is -4.42. The highest BCUT2D eigenvalue weighted by Crippen LogP contribution is 2.44. The van der Waals surface area contributed by atoms with E-state index in [0.29, 0.717) is 18.5 Å². The van der Waals surface area contributed by atoms with Gasteiger partial charge >= 0.3 is 12.3 Å². The lowest BCUT2D eigenvalue weighted by Crippen LogP contribution is -2.26. The summed E-state index contributed by atoms with van der Waals surface area (Å²) in [5, 5.41) is 2.67. The molecule has 1 N–H and O–H groups in total. The molecule has 0 unspecified atom stereocenters. The van der Waals surface area contributed by atoms with Crippen LogP contribution < -0.4 is 10.1 Å². The zero-order chi connectivity index (χ0) is 24.0. The first-order valence-corrected chi connectivity index (χ1v) is 10.6. The monoisotopic (exact) mass is 466 g/mol. The van der Waals surface area contributed by atoms with E-state index in [-0.39, 0.29) is 18.4 Å². The number of hydrogen-bond donors (Lipinski definition) is 1. The minimum Gasteiger partial charge on any atom is -0.468 e. The molecule has 0 spiro atoms. The summed E-state index contributed by atoms with van der Waals surface area (Å²) in [6.45, 7) is -0.865. The van der Waals surface area contributed by atoms with E-state index in [1.54, 1.807) is 0 Å². The smallest absolute Gasteiger partial charge is 0.422 e. The van der Waals surface area contributed by atoms with E-state index < -0.39 is 18.9 Å². The zero-order valence-corrected chi connectivity index (χ0v) is 18.1. The summed E-state index contributed by atoms with van der Waals surface area (Å²) < 4.78 is 46.5. The van der Waals surface area contributed by atoms with Crippen LogP contribution in [0.5, 0.6) is 5.88 Å². The number of alkyl carbamates (subject to hydrolysis) is 1. The molecule has 8 heteroatoms. The number of nitrogens with one attached hydrogen (secondary N) is 1. The second-order valence-corrected chi connectivity index (χ2v) is 7.59. The van der Waals surface area contributed by atoms with Gasteiger partial charge in [0, 0.05) is 36.7 Å². The molecule has 0 radical (unpaired) electrons. The molecular formula is C26H21F3N2O3. The van der Waals surface area contributed by atoms with Gasteiger partial charge in [0.2, 0.25) is 5.88 Å². The molecule has 1 aromatic heterocycles. The molecule has 1 amide bonds. The fourth-order valence-corrected chi connectivity index (χ4v) is 3.74. The first-order valence-electron chi connectivity index (χ1n) is 10.6. The standard InChI is InChI=1S/C26H21F3N2O3/c27-26(28,29)17-34-24-13-12-18(15-31-24)7-5-6-14-30-25(32)33-16-23-21-10-3-1-8-19(21)20-9-2-4-11-22(20)23/h1-4,8-13,15,23H,6,14,16-17H2,(H,30,32). The van der Waals surface area contributed by atoms with Crippen molar-refractivity contribution in [1.82, 2.24) is 10.3 Å². The van der Waals surface area contributed by atoms with Crippen molar-refractivity contribution in [2.24, 2.45) is 0 Å². The highest BCUT2D eigenvalue weighted by molar-refractivity contribution is 5.79. The van der Waals surface area contributed by atoms with Crippen LogP contribution in [0.2, 0.25) is 0 Å². The van der Waals surface area contributed by atoms with Crippen molar-refractivity contribution >= 4 is 6.09 Å². The van der Waals surface area contributed by atoms with Gasteiger partial charge in [-0.05, 0) is 28.3 Å². The molecule has 1 aliphatic rings. The van der Waals surface area contributed by atoms with E-state index >= 15 is 0 Å². The van der Waals surface area contributed by atoms with E-state index in [0.717, 1.165) is 22.3 Å². The van der Waals surface area contributed by atoms with Crippen LogP contribution in [0.4, 0.5) is 18.0 Å². The Kier molecular flexibility index (Phi) is 7.02. The summed E-state index contributed by atoms with van der Waals surface area (Å²) in [5.41, 5.74) is 5.14. The Morgan fingerprint density at radius 3 is 2.29 bits per heavy atom. The summed E-state index contributed by atoms with van der Waals surface area (Å²) >= 11 is 0. The Morgan fingerprint density at radius 2 is 1.68 bits per heavy atom. The highest BCUT2D eigenvalue weighted by Gasteiger charge is 2.29. The van der Waals surface area contributed by atoms with Crippen LogP contribution in [0, 0.1) is 11.8 Å². The lowest BCUT2D eigenvalue weighted by Gasteiger charge is -2.14. The van der Waals surface area contributed by atoms with Crippen molar-refractivity contribution in [3.8, 4) is 28.8 Å². The quantitative estimate of drug-likeness (QED) is 0.396. The maximum absolute atomic E-state index is 12.1. The van der Waals surface area contributed by atoms with Crippen molar-refractivity contribution < 1.29 is 27.4 Å². The van der Waals surface area contributed by atoms with Crippen molar-refractivity contribution in [2.75, 3.05) is 19.8 Å². The molecule has 34 heavy (non-hydrogen) atoms. The number of halogens is 3. The Morgan fingerprint density at radius 1 is 1.00 bits per heavy atom. The molecular weight excluding hydrogens is 445 g/mol. The number of amides is 1. The Hall–Kier alpha value is -3.99. The molecule has 0 aliphatic heterocycles. The molecule has 0 atom stereocenters. The largest absolute Gasteiger partial charge is 0.468 e. The number of alkyl halides is 3.